The Morgan fingerprint density at radius 2 is 2.09 bits per heavy atom. The van der Waals surface area contributed by atoms with Crippen LogP contribution in [0.25, 0.3) is 11.2 Å². The summed E-state index contributed by atoms with van der Waals surface area (Å²) in [4.78, 5) is 4.46. The summed E-state index contributed by atoms with van der Waals surface area (Å²) in [5, 5.41) is 11.5. The zero-order valence-corrected chi connectivity index (χ0v) is 12.6. The number of nitrogens with zero attached hydrogens (tertiary/aromatic N) is 3. The predicted octanol–water partition coefficient (Wildman–Crippen LogP) is 2.97. The van der Waals surface area contributed by atoms with Gasteiger partial charge in [0.25, 0.3) is 0 Å². The molecule has 0 aromatic carbocycles. The highest BCUT2D eigenvalue weighted by molar-refractivity contribution is 5.74. The van der Waals surface area contributed by atoms with Gasteiger partial charge in [-0.2, -0.15) is 0 Å². The summed E-state index contributed by atoms with van der Waals surface area (Å²) in [5.41, 5.74) is 3.09. The number of nitrogens with one attached hydrogen (secondary N) is 2. The number of fused-ring (bicyclic) bond motifs is 1. The lowest BCUT2D eigenvalue weighted by atomic mass is 9.95. The first-order valence-electron chi connectivity index (χ1n) is 8.12. The van der Waals surface area contributed by atoms with Crippen LogP contribution in [0.5, 0.6) is 0 Å². The molecule has 114 valence electrons. The monoisotopic (exact) mass is 295 g/mol. The van der Waals surface area contributed by atoms with Crippen molar-refractivity contribution >= 4 is 17.0 Å². The predicted molar refractivity (Wildman–Crippen MR) is 88.6 cm³/mol. The van der Waals surface area contributed by atoms with E-state index in [0.717, 1.165) is 29.3 Å². The minimum Gasteiger partial charge on any atom is -0.387 e. The summed E-state index contributed by atoms with van der Waals surface area (Å²) in [5.74, 6) is 0.942. The number of aromatic nitrogens is 3. The van der Waals surface area contributed by atoms with E-state index in [1.807, 2.05) is 29.0 Å². The maximum absolute atomic E-state index is 4.75. The molecule has 2 aromatic rings. The molecule has 3 heterocycles. The van der Waals surface area contributed by atoms with E-state index in [0.29, 0.717) is 6.04 Å². The van der Waals surface area contributed by atoms with E-state index in [4.69, 9.17) is 5.10 Å². The van der Waals surface area contributed by atoms with Crippen LogP contribution in [0.1, 0.15) is 37.8 Å². The van der Waals surface area contributed by atoms with Gasteiger partial charge in [-0.3, -0.25) is 0 Å². The quantitative estimate of drug-likeness (QED) is 0.914. The molecule has 0 spiro atoms. The van der Waals surface area contributed by atoms with Crippen molar-refractivity contribution in [1.82, 2.24) is 19.9 Å². The first-order chi connectivity index (χ1) is 10.9. The summed E-state index contributed by atoms with van der Waals surface area (Å²) in [6.07, 6.45) is 14.6. The molecule has 1 fully saturated rings. The fraction of sp³-hybridized carbons (Fsp3) is 0.412. The van der Waals surface area contributed by atoms with Crippen molar-refractivity contribution in [1.29, 1.82) is 0 Å². The normalized spacial score (nSPS) is 19.0. The Bertz CT molecular complexity index is 722. The fourth-order valence-electron chi connectivity index (χ4n) is 3.25. The van der Waals surface area contributed by atoms with Gasteiger partial charge in [0.1, 0.15) is 5.82 Å². The maximum Gasteiger partial charge on any atom is 0.154 e. The Labute approximate surface area is 130 Å². The molecule has 2 N–H and O–H groups in total. The average molecular weight is 295 g/mol. The van der Waals surface area contributed by atoms with Crippen LogP contribution in [-0.2, 0) is 0 Å². The third-order valence-corrected chi connectivity index (χ3v) is 4.44. The third kappa shape index (κ3) is 2.58. The molecule has 0 amide bonds. The van der Waals surface area contributed by atoms with Gasteiger partial charge in [0, 0.05) is 18.2 Å². The van der Waals surface area contributed by atoms with Crippen LogP contribution in [0.2, 0.25) is 0 Å². The summed E-state index contributed by atoms with van der Waals surface area (Å²) in [7, 11) is 0. The van der Waals surface area contributed by atoms with Gasteiger partial charge in [-0.25, -0.2) is 9.50 Å². The van der Waals surface area contributed by atoms with Gasteiger partial charge in [-0.1, -0.05) is 25.3 Å². The molecule has 1 aliphatic heterocycles. The molecule has 5 heteroatoms. The zero-order valence-electron chi connectivity index (χ0n) is 12.6. The third-order valence-electron chi connectivity index (χ3n) is 4.44. The highest BCUT2D eigenvalue weighted by atomic mass is 15.3. The molecule has 5 nitrogen and oxygen atoms in total. The van der Waals surface area contributed by atoms with Crippen molar-refractivity contribution in [3.63, 3.8) is 0 Å². The molecule has 2 aromatic heterocycles. The molecule has 1 aliphatic carbocycles. The van der Waals surface area contributed by atoms with Gasteiger partial charge in [-0.15, -0.1) is 5.10 Å². The van der Waals surface area contributed by atoms with Crippen molar-refractivity contribution < 1.29 is 0 Å². The van der Waals surface area contributed by atoms with Crippen LogP contribution in [0, 0.1) is 0 Å². The number of hydrogen-bond acceptors (Lipinski definition) is 4. The Morgan fingerprint density at radius 3 is 2.91 bits per heavy atom. The van der Waals surface area contributed by atoms with Gasteiger partial charge in [0.2, 0.25) is 0 Å². The van der Waals surface area contributed by atoms with E-state index in [1.54, 1.807) is 0 Å². The lowest BCUT2D eigenvalue weighted by Crippen LogP contribution is -2.23. The second kappa shape index (κ2) is 5.83. The Kier molecular flexibility index (Phi) is 3.54. The Hall–Kier alpha value is -2.30. The van der Waals surface area contributed by atoms with Crippen molar-refractivity contribution in [3.05, 3.63) is 42.4 Å². The maximum atomic E-state index is 4.75. The summed E-state index contributed by atoms with van der Waals surface area (Å²) < 4.78 is 1.94. The summed E-state index contributed by atoms with van der Waals surface area (Å²) in [6.45, 7) is 0.846. The molecular weight excluding hydrogens is 274 g/mol. The van der Waals surface area contributed by atoms with E-state index in [2.05, 4.69) is 27.8 Å². The number of allylic oxidation sites excluding steroid dienone is 2. The first kappa shape index (κ1) is 13.4. The molecule has 0 bridgehead atoms. The number of anilines is 1. The van der Waals surface area contributed by atoms with Crippen LogP contribution < -0.4 is 10.6 Å². The van der Waals surface area contributed by atoms with Crippen LogP contribution in [0.3, 0.4) is 0 Å². The number of hydrogen-bond donors (Lipinski definition) is 2. The molecule has 4 rings (SSSR count). The molecule has 22 heavy (non-hydrogen) atoms. The van der Waals surface area contributed by atoms with Crippen molar-refractivity contribution in [2.45, 2.75) is 38.1 Å². The molecule has 0 saturated heterocycles. The van der Waals surface area contributed by atoms with Crippen LogP contribution in [0.4, 0.5) is 5.82 Å². The molecule has 2 aliphatic rings. The Balaban J connectivity index is 1.64. The van der Waals surface area contributed by atoms with Gasteiger partial charge < -0.3 is 10.6 Å². The largest absolute Gasteiger partial charge is 0.387 e. The number of dihydropyridines is 1. The van der Waals surface area contributed by atoms with Crippen LogP contribution in [-0.4, -0.2) is 27.2 Å². The van der Waals surface area contributed by atoms with Crippen molar-refractivity contribution in [2.24, 2.45) is 0 Å². The van der Waals surface area contributed by atoms with Gasteiger partial charge in [0.05, 0.1) is 11.9 Å². The smallest absolute Gasteiger partial charge is 0.154 e. The fourth-order valence-corrected chi connectivity index (χ4v) is 3.25. The van der Waals surface area contributed by atoms with E-state index >= 15 is 0 Å². The minimum atomic E-state index is 0.559. The van der Waals surface area contributed by atoms with Gasteiger partial charge >= 0.3 is 0 Å². The summed E-state index contributed by atoms with van der Waals surface area (Å²) >= 11 is 0. The highest BCUT2D eigenvalue weighted by Crippen LogP contribution is 2.22. The second-order valence-electron chi connectivity index (χ2n) is 6.01. The SMILES string of the molecule is C1=CC(c2cnc3ccc(NC4CCCCC4)nn23)=CCN1. The van der Waals surface area contributed by atoms with Gasteiger partial charge in [0.15, 0.2) is 5.65 Å². The molecular formula is C17H21N5. The topological polar surface area (TPSA) is 54.2 Å². The van der Waals surface area contributed by atoms with Crippen LogP contribution >= 0.6 is 0 Å². The van der Waals surface area contributed by atoms with Gasteiger partial charge in [-0.05, 0) is 37.3 Å². The lowest BCUT2D eigenvalue weighted by molar-refractivity contribution is 0.461. The Morgan fingerprint density at radius 1 is 1.18 bits per heavy atom. The molecule has 0 atom stereocenters. The first-order valence-corrected chi connectivity index (χ1v) is 8.12. The van der Waals surface area contributed by atoms with E-state index in [1.165, 1.54) is 32.1 Å². The standard InChI is InChI=1S/C17H21N5/c1-2-4-14(5-3-1)20-16-6-7-17-19-12-15(22(17)21-16)13-8-10-18-11-9-13/h6-10,12,14,18H,1-5,11H2,(H,20,21). The van der Waals surface area contributed by atoms with Crippen LogP contribution in [0.15, 0.2) is 36.7 Å². The number of rotatable bonds is 3. The highest BCUT2D eigenvalue weighted by Gasteiger charge is 2.15. The lowest BCUT2D eigenvalue weighted by Gasteiger charge is -2.23. The molecule has 0 unspecified atom stereocenters. The minimum absolute atomic E-state index is 0.559. The van der Waals surface area contributed by atoms with E-state index in [-0.39, 0.29) is 0 Å². The van der Waals surface area contributed by atoms with Crippen molar-refractivity contribution in [3.8, 4) is 0 Å². The molecule has 0 radical (unpaired) electrons. The zero-order chi connectivity index (χ0) is 14.8. The van der Waals surface area contributed by atoms with E-state index < -0.39 is 0 Å². The molecule has 1 saturated carbocycles. The average Bonchev–Trinajstić information content (AvgIpc) is 3.00. The second-order valence-corrected chi connectivity index (χ2v) is 6.01. The van der Waals surface area contributed by atoms with Crippen molar-refractivity contribution in [2.75, 3.05) is 11.9 Å². The number of imidazole rings is 1. The van der Waals surface area contributed by atoms with E-state index in [9.17, 15) is 0 Å². The summed E-state index contributed by atoms with van der Waals surface area (Å²) in [6, 6.07) is 4.63.